The molecule has 0 heterocycles. The second-order valence-corrected chi connectivity index (χ2v) is 4.01. The zero-order chi connectivity index (χ0) is 8.85. The number of rotatable bonds is 5. The average molecular weight is 157 g/mol. The Hall–Kier alpha value is -0.0400. The van der Waals surface area contributed by atoms with Gasteiger partial charge in [-0.3, -0.25) is 0 Å². The van der Waals surface area contributed by atoms with Crippen molar-refractivity contribution < 1.29 is 0 Å². The van der Waals surface area contributed by atoms with E-state index in [1.54, 1.807) is 0 Å². The lowest BCUT2D eigenvalue weighted by atomic mass is 9.90. The van der Waals surface area contributed by atoms with Crippen LogP contribution in [0.1, 0.15) is 47.0 Å². The SMILES string of the molecule is CCCC(N)CC(C)C(C)C. The third kappa shape index (κ3) is 5.25. The molecule has 0 rings (SSSR count). The molecule has 0 bridgehead atoms. The lowest BCUT2D eigenvalue weighted by Crippen LogP contribution is -2.24. The Labute approximate surface area is 71.4 Å². The molecule has 1 nitrogen and oxygen atoms in total. The first-order valence-electron chi connectivity index (χ1n) is 4.83. The van der Waals surface area contributed by atoms with Crippen LogP contribution in [0.15, 0.2) is 0 Å². The summed E-state index contributed by atoms with van der Waals surface area (Å²) < 4.78 is 0. The van der Waals surface area contributed by atoms with E-state index < -0.39 is 0 Å². The van der Waals surface area contributed by atoms with Gasteiger partial charge in [0.05, 0.1) is 0 Å². The van der Waals surface area contributed by atoms with Gasteiger partial charge in [-0.25, -0.2) is 0 Å². The molecule has 68 valence electrons. The van der Waals surface area contributed by atoms with E-state index in [-0.39, 0.29) is 0 Å². The van der Waals surface area contributed by atoms with Crippen molar-refractivity contribution in [3.8, 4) is 0 Å². The smallest absolute Gasteiger partial charge is 0.00413 e. The van der Waals surface area contributed by atoms with E-state index in [0.29, 0.717) is 6.04 Å². The highest BCUT2D eigenvalue weighted by Crippen LogP contribution is 2.16. The first-order chi connectivity index (χ1) is 5.07. The van der Waals surface area contributed by atoms with Gasteiger partial charge in [0.1, 0.15) is 0 Å². The molecule has 0 saturated carbocycles. The minimum atomic E-state index is 0.428. The molecule has 0 aliphatic heterocycles. The van der Waals surface area contributed by atoms with Crippen molar-refractivity contribution >= 4 is 0 Å². The lowest BCUT2D eigenvalue weighted by Gasteiger charge is -2.19. The van der Waals surface area contributed by atoms with Gasteiger partial charge >= 0.3 is 0 Å². The zero-order valence-electron chi connectivity index (χ0n) is 8.43. The molecule has 0 amide bonds. The predicted octanol–water partition coefficient (Wildman–Crippen LogP) is 2.80. The van der Waals surface area contributed by atoms with Crippen LogP contribution in [-0.4, -0.2) is 6.04 Å². The van der Waals surface area contributed by atoms with Gasteiger partial charge in [0.2, 0.25) is 0 Å². The molecule has 2 atom stereocenters. The van der Waals surface area contributed by atoms with Crippen LogP contribution in [0.4, 0.5) is 0 Å². The van der Waals surface area contributed by atoms with Crippen molar-refractivity contribution in [1.82, 2.24) is 0 Å². The third-order valence-electron chi connectivity index (χ3n) is 2.47. The van der Waals surface area contributed by atoms with Gasteiger partial charge in [-0.1, -0.05) is 34.1 Å². The van der Waals surface area contributed by atoms with E-state index in [1.807, 2.05) is 0 Å². The topological polar surface area (TPSA) is 26.0 Å². The normalized spacial score (nSPS) is 16.9. The van der Waals surface area contributed by atoms with Crippen molar-refractivity contribution in [1.29, 1.82) is 0 Å². The minimum Gasteiger partial charge on any atom is -0.328 e. The summed E-state index contributed by atoms with van der Waals surface area (Å²) in [6.07, 6.45) is 3.58. The number of hydrogen-bond acceptors (Lipinski definition) is 1. The van der Waals surface area contributed by atoms with Crippen LogP contribution in [0.2, 0.25) is 0 Å². The maximum atomic E-state index is 5.92. The summed E-state index contributed by atoms with van der Waals surface area (Å²) in [6, 6.07) is 0.428. The Kier molecular flexibility index (Phi) is 5.57. The Bertz CT molecular complexity index is 88.9. The second-order valence-electron chi connectivity index (χ2n) is 4.01. The van der Waals surface area contributed by atoms with Crippen LogP contribution < -0.4 is 5.73 Å². The molecule has 0 aliphatic carbocycles. The van der Waals surface area contributed by atoms with Crippen LogP contribution in [0.5, 0.6) is 0 Å². The quantitative estimate of drug-likeness (QED) is 0.652. The Morgan fingerprint density at radius 3 is 2.09 bits per heavy atom. The standard InChI is InChI=1S/C10H23N/c1-5-6-10(11)7-9(4)8(2)3/h8-10H,5-7,11H2,1-4H3. The largest absolute Gasteiger partial charge is 0.328 e. The zero-order valence-corrected chi connectivity index (χ0v) is 8.43. The molecule has 0 aromatic rings. The van der Waals surface area contributed by atoms with E-state index in [0.717, 1.165) is 11.8 Å². The van der Waals surface area contributed by atoms with E-state index in [4.69, 9.17) is 5.73 Å². The number of nitrogens with two attached hydrogens (primary N) is 1. The molecule has 0 fully saturated rings. The maximum Gasteiger partial charge on any atom is 0.00413 e. The molecule has 11 heavy (non-hydrogen) atoms. The van der Waals surface area contributed by atoms with Crippen molar-refractivity contribution in [3.05, 3.63) is 0 Å². The van der Waals surface area contributed by atoms with Gasteiger partial charge in [0.15, 0.2) is 0 Å². The molecule has 0 saturated heterocycles. The molecule has 2 unspecified atom stereocenters. The van der Waals surface area contributed by atoms with Gasteiger partial charge in [-0.2, -0.15) is 0 Å². The first-order valence-corrected chi connectivity index (χ1v) is 4.83. The first kappa shape index (κ1) is 11.0. The fourth-order valence-corrected chi connectivity index (χ4v) is 1.24. The summed E-state index contributed by atoms with van der Waals surface area (Å²) in [7, 11) is 0. The predicted molar refractivity (Wildman–Crippen MR) is 51.5 cm³/mol. The lowest BCUT2D eigenvalue weighted by molar-refractivity contribution is 0.351. The van der Waals surface area contributed by atoms with Crippen LogP contribution in [0.25, 0.3) is 0 Å². The van der Waals surface area contributed by atoms with Crippen molar-refractivity contribution in [2.24, 2.45) is 17.6 Å². The highest BCUT2D eigenvalue weighted by atomic mass is 14.6. The molecule has 1 heteroatoms. The van der Waals surface area contributed by atoms with Crippen molar-refractivity contribution in [2.75, 3.05) is 0 Å². The minimum absolute atomic E-state index is 0.428. The van der Waals surface area contributed by atoms with Gasteiger partial charge in [-0.15, -0.1) is 0 Å². The molecule has 0 spiro atoms. The molecule has 0 aromatic carbocycles. The molecule has 0 aliphatic rings. The Morgan fingerprint density at radius 2 is 1.73 bits per heavy atom. The third-order valence-corrected chi connectivity index (χ3v) is 2.47. The molecule has 0 aromatic heterocycles. The number of hydrogen-bond donors (Lipinski definition) is 1. The fourth-order valence-electron chi connectivity index (χ4n) is 1.24. The van der Waals surface area contributed by atoms with E-state index in [2.05, 4.69) is 27.7 Å². The highest BCUT2D eigenvalue weighted by molar-refractivity contribution is 4.66. The van der Waals surface area contributed by atoms with Crippen molar-refractivity contribution in [3.63, 3.8) is 0 Å². The highest BCUT2D eigenvalue weighted by Gasteiger charge is 2.10. The summed E-state index contributed by atoms with van der Waals surface area (Å²) in [5.74, 6) is 1.55. The van der Waals surface area contributed by atoms with Crippen molar-refractivity contribution in [2.45, 2.75) is 53.0 Å². The summed E-state index contributed by atoms with van der Waals surface area (Å²) in [5, 5.41) is 0. The summed E-state index contributed by atoms with van der Waals surface area (Å²) in [5.41, 5.74) is 5.92. The van der Waals surface area contributed by atoms with Crippen LogP contribution in [0, 0.1) is 11.8 Å². The van der Waals surface area contributed by atoms with Crippen LogP contribution in [0.3, 0.4) is 0 Å². The summed E-state index contributed by atoms with van der Waals surface area (Å²) in [6.45, 7) is 9.02. The van der Waals surface area contributed by atoms with Gasteiger partial charge in [-0.05, 0) is 24.7 Å². The summed E-state index contributed by atoms with van der Waals surface area (Å²) in [4.78, 5) is 0. The molecular formula is C10H23N. The maximum absolute atomic E-state index is 5.92. The summed E-state index contributed by atoms with van der Waals surface area (Å²) >= 11 is 0. The van der Waals surface area contributed by atoms with E-state index in [1.165, 1.54) is 19.3 Å². The second kappa shape index (κ2) is 5.59. The van der Waals surface area contributed by atoms with Gasteiger partial charge in [0, 0.05) is 6.04 Å². The van der Waals surface area contributed by atoms with Gasteiger partial charge < -0.3 is 5.73 Å². The van der Waals surface area contributed by atoms with E-state index >= 15 is 0 Å². The average Bonchev–Trinajstić information content (AvgIpc) is 1.87. The Morgan fingerprint density at radius 1 is 1.18 bits per heavy atom. The van der Waals surface area contributed by atoms with Gasteiger partial charge in [0.25, 0.3) is 0 Å². The Balaban J connectivity index is 3.48. The molecule has 0 radical (unpaired) electrons. The monoisotopic (exact) mass is 157 g/mol. The molecule has 2 N–H and O–H groups in total. The molecular weight excluding hydrogens is 134 g/mol. The van der Waals surface area contributed by atoms with E-state index in [9.17, 15) is 0 Å². The fraction of sp³-hybridized carbons (Fsp3) is 1.00. The van der Waals surface area contributed by atoms with Crippen LogP contribution >= 0.6 is 0 Å². The van der Waals surface area contributed by atoms with Crippen LogP contribution in [-0.2, 0) is 0 Å².